The van der Waals surface area contributed by atoms with Crippen molar-refractivity contribution in [1.82, 2.24) is 5.32 Å². The van der Waals surface area contributed by atoms with Crippen molar-refractivity contribution in [2.45, 2.75) is 31.8 Å². The average molecular weight is 271 g/mol. The first-order valence-corrected chi connectivity index (χ1v) is 7.98. The second-order valence-corrected chi connectivity index (χ2v) is 7.19. The molecule has 0 radical (unpaired) electrons. The van der Waals surface area contributed by atoms with Gasteiger partial charge in [0.05, 0.1) is 11.5 Å². The van der Waals surface area contributed by atoms with Crippen LogP contribution in [0.2, 0.25) is 0 Å². The quantitative estimate of drug-likeness (QED) is 0.903. The highest BCUT2D eigenvalue weighted by atomic mass is 32.2. The van der Waals surface area contributed by atoms with Crippen LogP contribution in [0, 0.1) is 5.82 Å². The molecule has 1 fully saturated rings. The van der Waals surface area contributed by atoms with Crippen LogP contribution in [0.1, 0.15) is 18.9 Å². The molecule has 5 heteroatoms. The van der Waals surface area contributed by atoms with Crippen molar-refractivity contribution in [3.63, 3.8) is 0 Å². The third-order valence-electron chi connectivity index (χ3n) is 3.24. The first kappa shape index (κ1) is 13.5. The number of hydrogen-bond donors (Lipinski definition) is 1. The lowest BCUT2D eigenvalue weighted by molar-refractivity contribution is 0.462. The molecule has 0 bridgehead atoms. The summed E-state index contributed by atoms with van der Waals surface area (Å²) < 4.78 is 36.1. The number of benzene rings is 1. The Morgan fingerprint density at radius 3 is 2.78 bits per heavy atom. The van der Waals surface area contributed by atoms with Crippen LogP contribution in [0.3, 0.4) is 0 Å². The smallest absolute Gasteiger partial charge is 0.151 e. The van der Waals surface area contributed by atoms with Crippen LogP contribution in [0.25, 0.3) is 0 Å². The van der Waals surface area contributed by atoms with E-state index >= 15 is 0 Å². The highest BCUT2D eigenvalue weighted by molar-refractivity contribution is 7.91. The van der Waals surface area contributed by atoms with Gasteiger partial charge in [0.25, 0.3) is 0 Å². The Labute approximate surface area is 107 Å². The van der Waals surface area contributed by atoms with Crippen molar-refractivity contribution in [2.75, 3.05) is 11.5 Å². The van der Waals surface area contributed by atoms with E-state index in [-0.39, 0.29) is 29.4 Å². The molecular weight excluding hydrogens is 253 g/mol. The van der Waals surface area contributed by atoms with Gasteiger partial charge in [0.1, 0.15) is 5.82 Å². The highest BCUT2D eigenvalue weighted by Crippen LogP contribution is 2.14. The van der Waals surface area contributed by atoms with Gasteiger partial charge in [-0.15, -0.1) is 0 Å². The summed E-state index contributed by atoms with van der Waals surface area (Å²) in [4.78, 5) is 0. The van der Waals surface area contributed by atoms with E-state index < -0.39 is 9.84 Å². The minimum atomic E-state index is -2.86. The summed E-state index contributed by atoms with van der Waals surface area (Å²) in [7, 11) is -2.86. The van der Waals surface area contributed by atoms with Crippen LogP contribution in [0.4, 0.5) is 4.39 Å². The molecular formula is C13H18FNO2S. The standard InChI is InChI=1S/C13H18FNO2S/c1-10(8-11-4-2-3-5-13(11)14)15-12-6-7-18(16,17)9-12/h2-5,10,12,15H,6-9H2,1H3. The fraction of sp³-hybridized carbons (Fsp3) is 0.538. The summed E-state index contributed by atoms with van der Waals surface area (Å²) in [5.74, 6) is 0.260. The number of rotatable bonds is 4. The summed E-state index contributed by atoms with van der Waals surface area (Å²) in [5, 5.41) is 3.26. The molecule has 1 saturated heterocycles. The van der Waals surface area contributed by atoms with E-state index in [1.807, 2.05) is 13.0 Å². The third kappa shape index (κ3) is 3.53. The number of hydrogen-bond acceptors (Lipinski definition) is 3. The van der Waals surface area contributed by atoms with Gasteiger partial charge in [0.15, 0.2) is 9.84 Å². The van der Waals surface area contributed by atoms with Crippen molar-refractivity contribution in [3.8, 4) is 0 Å². The molecule has 0 aromatic heterocycles. The minimum Gasteiger partial charge on any atom is -0.310 e. The van der Waals surface area contributed by atoms with Crippen LogP contribution in [-0.4, -0.2) is 32.0 Å². The van der Waals surface area contributed by atoms with Gasteiger partial charge in [-0.2, -0.15) is 0 Å². The van der Waals surface area contributed by atoms with Crippen molar-refractivity contribution < 1.29 is 12.8 Å². The first-order valence-electron chi connectivity index (χ1n) is 6.16. The maximum atomic E-state index is 13.5. The third-order valence-corrected chi connectivity index (χ3v) is 5.00. The Balaban J connectivity index is 1.90. The predicted octanol–water partition coefficient (Wildman–Crippen LogP) is 1.53. The minimum absolute atomic E-state index is 0.0109. The van der Waals surface area contributed by atoms with Crippen LogP contribution < -0.4 is 5.32 Å². The SMILES string of the molecule is CC(Cc1ccccc1F)NC1CCS(=O)(=O)C1. The highest BCUT2D eigenvalue weighted by Gasteiger charge is 2.28. The van der Waals surface area contributed by atoms with Crippen molar-refractivity contribution in [2.24, 2.45) is 0 Å². The molecule has 1 aliphatic rings. The van der Waals surface area contributed by atoms with Crippen LogP contribution in [0.15, 0.2) is 24.3 Å². The van der Waals surface area contributed by atoms with E-state index in [1.165, 1.54) is 6.07 Å². The lowest BCUT2D eigenvalue weighted by Crippen LogP contribution is -2.38. The summed E-state index contributed by atoms with van der Waals surface area (Å²) in [5.41, 5.74) is 0.665. The zero-order valence-corrected chi connectivity index (χ0v) is 11.2. The second kappa shape index (κ2) is 5.36. The monoisotopic (exact) mass is 271 g/mol. The second-order valence-electron chi connectivity index (χ2n) is 4.96. The van der Waals surface area contributed by atoms with E-state index in [2.05, 4.69) is 5.32 Å². The molecule has 2 atom stereocenters. The van der Waals surface area contributed by atoms with E-state index in [4.69, 9.17) is 0 Å². The van der Waals surface area contributed by atoms with Crippen molar-refractivity contribution in [1.29, 1.82) is 0 Å². The van der Waals surface area contributed by atoms with Gasteiger partial charge in [-0.3, -0.25) is 0 Å². The Morgan fingerprint density at radius 2 is 2.17 bits per heavy atom. The summed E-state index contributed by atoms with van der Waals surface area (Å²) in [6.07, 6.45) is 1.23. The van der Waals surface area contributed by atoms with Gasteiger partial charge in [-0.25, -0.2) is 12.8 Å². The lowest BCUT2D eigenvalue weighted by atomic mass is 10.1. The molecule has 100 valence electrons. The van der Waals surface area contributed by atoms with Crippen LogP contribution in [0.5, 0.6) is 0 Å². The number of halogens is 1. The van der Waals surface area contributed by atoms with Crippen LogP contribution >= 0.6 is 0 Å². The van der Waals surface area contributed by atoms with Gasteiger partial charge >= 0.3 is 0 Å². The molecule has 0 saturated carbocycles. The molecule has 3 nitrogen and oxygen atoms in total. The van der Waals surface area contributed by atoms with Gasteiger partial charge in [0.2, 0.25) is 0 Å². The molecule has 1 aliphatic heterocycles. The Bertz CT molecular complexity index is 515. The first-order chi connectivity index (χ1) is 8.46. The lowest BCUT2D eigenvalue weighted by Gasteiger charge is -2.18. The van der Waals surface area contributed by atoms with Gasteiger partial charge < -0.3 is 5.32 Å². The molecule has 2 rings (SSSR count). The van der Waals surface area contributed by atoms with Gasteiger partial charge in [0, 0.05) is 12.1 Å². The molecule has 1 heterocycles. The maximum absolute atomic E-state index is 13.5. The zero-order valence-electron chi connectivity index (χ0n) is 10.4. The van der Waals surface area contributed by atoms with Gasteiger partial charge in [-0.05, 0) is 31.4 Å². The molecule has 0 amide bonds. The van der Waals surface area contributed by atoms with Crippen molar-refractivity contribution in [3.05, 3.63) is 35.6 Å². The van der Waals surface area contributed by atoms with E-state index in [0.29, 0.717) is 18.4 Å². The summed E-state index contributed by atoms with van der Waals surface area (Å²) in [6, 6.07) is 6.77. The average Bonchev–Trinajstić information content (AvgIpc) is 2.61. The largest absolute Gasteiger partial charge is 0.310 e. The number of sulfone groups is 1. The molecule has 1 aromatic rings. The van der Waals surface area contributed by atoms with Crippen LogP contribution in [-0.2, 0) is 16.3 Å². The van der Waals surface area contributed by atoms with Crippen molar-refractivity contribution >= 4 is 9.84 Å². The molecule has 1 aromatic carbocycles. The fourth-order valence-corrected chi connectivity index (χ4v) is 4.07. The molecule has 0 spiro atoms. The fourth-order valence-electron chi connectivity index (χ4n) is 2.38. The van der Waals surface area contributed by atoms with E-state index in [0.717, 1.165) is 0 Å². The normalized spacial score (nSPS) is 24.0. The summed E-state index contributed by atoms with van der Waals surface area (Å²) in [6.45, 7) is 1.96. The summed E-state index contributed by atoms with van der Waals surface area (Å²) >= 11 is 0. The predicted molar refractivity (Wildman–Crippen MR) is 69.8 cm³/mol. The Kier molecular flexibility index (Phi) is 4.02. The zero-order chi connectivity index (χ0) is 13.2. The molecule has 2 unspecified atom stereocenters. The van der Waals surface area contributed by atoms with Gasteiger partial charge in [-0.1, -0.05) is 18.2 Å². The van der Waals surface area contributed by atoms with E-state index in [1.54, 1.807) is 12.1 Å². The Morgan fingerprint density at radius 1 is 1.44 bits per heavy atom. The molecule has 18 heavy (non-hydrogen) atoms. The number of nitrogens with one attached hydrogen (secondary N) is 1. The Hall–Kier alpha value is -0.940. The molecule has 1 N–H and O–H groups in total. The topological polar surface area (TPSA) is 46.2 Å². The molecule has 0 aliphatic carbocycles. The maximum Gasteiger partial charge on any atom is 0.151 e. The van der Waals surface area contributed by atoms with E-state index in [9.17, 15) is 12.8 Å².